The molecule has 0 aliphatic heterocycles. The molecule has 0 atom stereocenters. The fourth-order valence-corrected chi connectivity index (χ4v) is 2.24. The Balaban J connectivity index is 2.07. The molecule has 0 saturated heterocycles. The molecule has 0 bridgehead atoms. The molecule has 2 aromatic carbocycles. The van der Waals surface area contributed by atoms with E-state index < -0.39 is 0 Å². The summed E-state index contributed by atoms with van der Waals surface area (Å²) < 4.78 is 0.791. The molecule has 0 unspecified atom stereocenters. The molecule has 2 aromatic rings. The van der Waals surface area contributed by atoms with E-state index in [1.54, 1.807) is 18.2 Å². The van der Waals surface area contributed by atoms with Gasteiger partial charge in [-0.15, -0.1) is 0 Å². The van der Waals surface area contributed by atoms with Gasteiger partial charge in [-0.25, -0.2) is 4.79 Å². The lowest BCUT2D eigenvalue weighted by Crippen LogP contribution is -2.19. The minimum atomic E-state index is -0.296. The smallest absolute Gasteiger partial charge is 0.308 e. The van der Waals surface area contributed by atoms with Crippen LogP contribution in [-0.4, -0.2) is 6.03 Å². The quantitative estimate of drug-likeness (QED) is 0.749. The number of hydrogen-bond acceptors (Lipinski definition) is 1. The number of carbonyl (C=O) groups excluding carboxylic acids is 1. The lowest BCUT2D eigenvalue weighted by Gasteiger charge is -2.11. The van der Waals surface area contributed by atoms with Gasteiger partial charge in [0.25, 0.3) is 0 Å². The third-order valence-electron chi connectivity index (χ3n) is 2.81. The van der Waals surface area contributed by atoms with E-state index in [4.69, 9.17) is 11.6 Å². The van der Waals surface area contributed by atoms with Crippen molar-refractivity contribution >= 4 is 44.9 Å². The Hall–Kier alpha value is -1.52. The highest BCUT2D eigenvalue weighted by molar-refractivity contribution is 9.10. The zero-order valence-corrected chi connectivity index (χ0v) is 13.5. The number of anilines is 2. The second kappa shape index (κ2) is 6.29. The Bertz CT molecular complexity index is 658. The highest BCUT2D eigenvalue weighted by Crippen LogP contribution is 2.25. The zero-order chi connectivity index (χ0) is 14.7. The van der Waals surface area contributed by atoms with E-state index in [0.717, 1.165) is 21.3 Å². The molecule has 0 saturated carbocycles. The van der Waals surface area contributed by atoms with Crippen molar-refractivity contribution in [2.75, 3.05) is 10.6 Å². The molecule has 2 N–H and O–H groups in total. The van der Waals surface area contributed by atoms with Crippen LogP contribution < -0.4 is 10.6 Å². The predicted octanol–water partition coefficient (Wildman–Crippen LogP) is 5.36. The Kier molecular flexibility index (Phi) is 4.68. The van der Waals surface area contributed by atoms with Crippen LogP contribution in [0, 0.1) is 13.8 Å². The van der Waals surface area contributed by atoms with Crippen molar-refractivity contribution in [2.24, 2.45) is 0 Å². The number of hydrogen-bond donors (Lipinski definition) is 2. The summed E-state index contributed by atoms with van der Waals surface area (Å²) in [7, 11) is 0. The van der Waals surface area contributed by atoms with Crippen molar-refractivity contribution in [1.82, 2.24) is 0 Å². The average Bonchev–Trinajstić information content (AvgIpc) is 2.37. The predicted molar refractivity (Wildman–Crippen MR) is 87.7 cm³/mol. The lowest BCUT2D eigenvalue weighted by molar-refractivity contribution is 0.262. The molecule has 5 heteroatoms. The van der Waals surface area contributed by atoms with Gasteiger partial charge in [0, 0.05) is 15.8 Å². The van der Waals surface area contributed by atoms with Crippen molar-refractivity contribution in [3.8, 4) is 0 Å². The number of rotatable bonds is 2. The van der Waals surface area contributed by atoms with Crippen molar-refractivity contribution < 1.29 is 4.79 Å². The summed E-state index contributed by atoms with van der Waals surface area (Å²) in [4.78, 5) is 11.9. The molecule has 3 nitrogen and oxygen atoms in total. The fourth-order valence-electron chi connectivity index (χ4n) is 1.81. The van der Waals surface area contributed by atoms with Gasteiger partial charge in [-0.2, -0.15) is 0 Å². The number of carbonyl (C=O) groups is 1. The molecular formula is C15H14BrClN2O. The first-order chi connectivity index (χ1) is 9.45. The number of nitrogens with one attached hydrogen (secondary N) is 2. The highest BCUT2D eigenvalue weighted by Gasteiger charge is 2.06. The third kappa shape index (κ3) is 3.74. The van der Waals surface area contributed by atoms with Gasteiger partial charge < -0.3 is 10.6 Å². The van der Waals surface area contributed by atoms with Crippen LogP contribution in [0.1, 0.15) is 11.1 Å². The van der Waals surface area contributed by atoms with E-state index in [9.17, 15) is 4.79 Å². The molecular weight excluding hydrogens is 340 g/mol. The maximum atomic E-state index is 11.9. The molecule has 20 heavy (non-hydrogen) atoms. The Morgan fingerprint density at radius 1 is 1.10 bits per heavy atom. The van der Waals surface area contributed by atoms with Crippen molar-refractivity contribution in [1.29, 1.82) is 0 Å². The van der Waals surface area contributed by atoms with Crippen LogP contribution in [-0.2, 0) is 0 Å². The van der Waals surface area contributed by atoms with Gasteiger partial charge in [-0.1, -0.05) is 29.3 Å². The van der Waals surface area contributed by atoms with Crippen molar-refractivity contribution in [2.45, 2.75) is 13.8 Å². The molecule has 104 valence electrons. The normalized spacial score (nSPS) is 10.2. The molecule has 0 aliphatic carbocycles. The molecule has 0 aliphatic rings. The van der Waals surface area contributed by atoms with Crippen LogP contribution in [0.4, 0.5) is 16.2 Å². The Morgan fingerprint density at radius 3 is 2.50 bits per heavy atom. The first-order valence-corrected chi connectivity index (χ1v) is 7.23. The summed E-state index contributed by atoms with van der Waals surface area (Å²) in [6, 6.07) is 10.8. The van der Waals surface area contributed by atoms with Gasteiger partial charge in [-0.3, -0.25) is 0 Å². The second-order valence-electron chi connectivity index (χ2n) is 4.53. The molecule has 2 rings (SSSR count). The van der Waals surface area contributed by atoms with Crippen LogP contribution in [0.2, 0.25) is 5.02 Å². The van der Waals surface area contributed by atoms with E-state index in [-0.39, 0.29) is 6.03 Å². The number of halogens is 2. The lowest BCUT2D eigenvalue weighted by atomic mass is 10.1. The van der Waals surface area contributed by atoms with Crippen molar-refractivity contribution in [3.63, 3.8) is 0 Å². The monoisotopic (exact) mass is 352 g/mol. The van der Waals surface area contributed by atoms with E-state index >= 15 is 0 Å². The van der Waals surface area contributed by atoms with E-state index in [1.807, 2.05) is 32.0 Å². The minimum absolute atomic E-state index is 0.296. The summed E-state index contributed by atoms with van der Waals surface area (Å²) in [5.74, 6) is 0. The van der Waals surface area contributed by atoms with Crippen LogP contribution in [0.25, 0.3) is 0 Å². The maximum absolute atomic E-state index is 11.9. The Morgan fingerprint density at radius 2 is 1.85 bits per heavy atom. The van der Waals surface area contributed by atoms with Gasteiger partial charge in [0.15, 0.2) is 0 Å². The molecule has 0 heterocycles. The summed E-state index contributed by atoms with van der Waals surface area (Å²) >= 11 is 9.29. The summed E-state index contributed by atoms with van der Waals surface area (Å²) in [6.07, 6.45) is 0. The van der Waals surface area contributed by atoms with E-state index in [0.29, 0.717) is 10.7 Å². The maximum Gasteiger partial charge on any atom is 0.323 e. The van der Waals surface area contributed by atoms with Gasteiger partial charge in [0.1, 0.15) is 0 Å². The molecule has 0 aromatic heterocycles. The second-order valence-corrected chi connectivity index (χ2v) is 5.79. The first-order valence-electron chi connectivity index (χ1n) is 6.06. The molecule has 0 radical (unpaired) electrons. The number of amides is 2. The van der Waals surface area contributed by atoms with Crippen LogP contribution in [0.5, 0.6) is 0 Å². The van der Waals surface area contributed by atoms with Gasteiger partial charge in [0.05, 0.1) is 5.02 Å². The highest BCUT2D eigenvalue weighted by atomic mass is 79.9. The zero-order valence-electron chi connectivity index (χ0n) is 11.1. The van der Waals surface area contributed by atoms with Crippen LogP contribution in [0.15, 0.2) is 40.9 Å². The SMILES string of the molecule is Cc1ccc(NC(=O)Nc2ccc(Br)c(Cl)c2)c(C)c1. The third-order valence-corrected chi connectivity index (χ3v) is 4.04. The van der Waals surface area contributed by atoms with E-state index in [1.165, 1.54) is 0 Å². The van der Waals surface area contributed by atoms with Crippen molar-refractivity contribution in [3.05, 3.63) is 57.0 Å². The fraction of sp³-hybridized carbons (Fsp3) is 0.133. The summed E-state index contributed by atoms with van der Waals surface area (Å²) in [5, 5.41) is 6.11. The summed E-state index contributed by atoms with van der Waals surface area (Å²) in [6.45, 7) is 3.97. The topological polar surface area (TPSA) is 41.1 Å². The first kappa shape index (κ1) is 14.9. The average molecular weight is 354 g/mol. The molecule has 0 fully saturated rings. The summed E-state index contributed by atoms with van der Waals surface area (Å²) in [5.41, 5.74) is 3.61. The standard InChI is InChI=1S/C15H14BrClN2O/c1-9-3-6-14(10(2)7-9)19-15(20)18-11-4-5-12(16)13(17)8-11/h3-8H,1-2H3,(H2,18,19,20). The van der Waals surface area contributed by atoms with Crippen LogP contribution in [0.3, 0.4) is 0 Å². The number of benzene rings is 2. The largest absolute Gasteiger partial charge is 0.323 e. The van der Waals surface area contributed by atoms with Crippen LogP contribution >= 0.6 is 27.5 Å². The van der Waals surface area contributed by atoms with Gasteiger partial charge in [-0.05, 0) is 59.6 Å². The Labute approximate surface area is 131 Å². The molecule has 2 amide bonds. The van der Waals surface area contributed by atoms with E-state index in [2.05, 4.69) is 26.6 Å². The van der Waals surface area contributed by atoms with Gasteiger partial charge in [0.2, 0.25) is 0 Å². The molecule has 0 spiro atoms. The number of aryl methyl sites for hydroxylation is 2. The number of urea groups is 1. The van der Waals surface area contributed by atoms with Gasteiger partial charge >= 0.3 is 6.03 Å². The minimum Gasteiger partial charge on any atom is -0.308 e.